The number of carbonyl (C=O) groups excluding carboxylic acids is 1. The molecule has 112 valence electrons. The first-order valence-electron chi connectivity index (χ1n) is 7.12. The number of ether oxygens (including phenoxy) is 2. The van der Waals surface area contributed by atoms with Crippen LogP contribution in [0.5, 0.6) is 0 Å². The van der Waals surface area contributed by atoms with Crippen LogP contribution in [0.4, 0.5) is 4.79 Å². The van der Waals surface area contributed by atoms with E-state index in [0.717, 1.165) is 45.5 Å². The summed E-state index contributed by atoms with van der Waals surface area (Å²) in [6.07, 6.45) is 2.95. The van der Waals surface area contributed by atoms with Gasteiger partial charge in [-0.3, -0.25) is 0 Å². The number of amides is 1. The number of nitrogens with zero attached hydrogens (tertiary/aromatic N) is 1. The van der Waals surface area contributed by atoms with Gasteiger partial charge >= 0.3 is 6.09 Å². The van der Waals surface area contributed by atoms with Crippen LogP contribution in [0.3, 0.4) is 0 Å². The van der Waals surface area contributed by atoms with Crippen LogP contribution in [0.15, 0.2) is 0 Å². The van der Waals surface area contributed by atoms with Crippen LogP contribution >= 0.6 is 0 Å². The maximum Gasteiger partial charge on any atom is 0.410 e. The molecule has 1 rings (SSSR count). The van der Waals surface area contributed by atoms with Crippen molar-refractivity contribution in [3.63, 3.8) is 0 Å². The second-order valence-electron chi connectivity index (χ2n) is 6.07. The summed E-state index contributed by atoms with van der Waals surface area (Å²) in [5, 5.41) is 3.47. The molecule has 1 amide bonds. The highest BCUT2D eigenvalue weighted by Crippen LogP contribution is 2.15. The summed E-state index contributed by atoms with van der Waals surface area (Å²) in [6, 6.07) is 0.373. The van der Waals surface area contributed by atoms with E-state index in [1.54, 1.807) is 7.11 Å². The second-order valence-corrected chi connectivity index (χ2v) is 6.07. The van der Waals surface area contributed by atoms with Crippen molar-refractivity contribution < 1.29 is 14.3 Å². The van der Waals surface area contributed by atoms with Gasteiger partial charge in [0.1, 0.15) is 5.60 Å². The molecule has 0 spiro atoms. The number of rotatable bonds is 5. The molecule has 5 nitrogen and oxygen atoms in total. The average Bonchev–Trinajstić information content (AvgIpc) is 2.33. The van der Waals surface area contributed by atoms with Gasteiger partial charge in [0.25, 0.3) is 0 Å². The molecule has 1 heterocycles. The van der Waals surface area contributed by atoms with Crippen LogP contribution < -0.4 is 5.32 Å². The van der Waals surface area contributed by atoms with Gasteiger partial charge < -0.3 is 19.7 Å². The van der Waals surface area contributed by atoms with Gasteiger partial charge in [-0.25, -0.2) is 4.79 Å². The summed E-state index contributed by atoms with van der Waals surface area (Å²) in [5.41, 5.74) is -0.421. The highest BCUT2D eigenvalue weighted by molar-refractivity contribution is 5.68. The number of piperidine rings is 1. The third kappa shape index (κ3) is 6.78. The van der Waals surface area contributed by atoms with Crippen molar-refractivity contribution in [1.29, 1.82) is 0 Å². The minimum Gasteiger partial charge on any atom is -0.444 e. The monoisotopic (exact) mass is 272 g/mol. The molecule has 0 aliphatic carbocycles. The Bertz CT molecular complexity index is 276. The lowest BCUT2D eigenvalue weighted by Gasteiger charge is -2.34. The van der Waals surface area contributed by atoms with Gasteiger partial charge in [-0.1, -0.05) is 0 Å². The number of methoxy groups -OCH3 is 1. The predicted octanol–water partition coefficient (Wildman–Crippen LogP) is 2.01. The summed E-state index contributed by atoms with van der Waals surface area (Å²) >= 11 is 0. The van der Waals surface area contributed by atoms with Gasteiger partial charge in [0, 0.05) is 32.8 Å². The molecular formula is C14H28N2O3. The smallest absolute Gasteiger partial charge is 0.410 e. The molecule has 19 heavy (non-hydrogen) atoms. The molecular weight excluding hydrogens is 244 g/mol. The van der Waals surface area contributed by atoms with E-state index in [1.165, 1.54) is 0 Å². The number of hydrogen-bond acceptors (Lipinski definition) is 4. The third-order valence-corrected chi connectivity index (χ3v) is 3.03. The Hall–Kier alpha value is -0.810. The van der Waals surface area contributed by atoms with E-state index in [0.29, 0.717) is 6.04 Å². The largest absolute Gasteiger partial charge is 0.444 e. The van der Waals surface area contributed by atoms with Gasteiger partial charge in [-0.15, -0.1) is 0 Å². The maximum atomic E-state index is 12.0. The Morgan fingerprint density at radius 2 is 2.16 bits per heavy atom. The van der Waals surface area contributed by atoms with Crippen LogP contribution in [0, 0.1) is 0 Å². The first-order valence-corrected chi connectivity index (χ1v) is 7.12. The molecule has 5 heteroatoms. The molecule has 0 aromatic carbocycles. The Kier molecular flexibility index (Phi) is 6.58. The van der Waals surface area contributed by atoms with Crippen molar-refractivity contribution in [1.82, 2.24) is 10.2 Å². The third-order valence-electron chi connectivity index (χ3n) is 3.03. The standard InChI is InChI=1S/C14H28N2O3/c1-14(2,3)19-13(17)16-9-5-7-12(11-16)15-8-6-10-18-4/h12,15H,5-11H2,1-4H3/t12-/m0/s1. The minimum atomic E-state index is -0.421. The summed E-state index contributed by atoms with van der Waals surface area (Å²) in [6.45, 7) is 8.93. The Balaban J connectivity index is 2.31. The molecule has 1 saturated heterocycles. The predicted molar refractivity (Wildman–Crippen MR) is 75.3 cm³/mol. The molecule has 1 fully saturated rings. The lowest BCUT2D eigenvalue weighted by Crippen LogP contribution is -2.49. The summed E-state index contributed by atoms with van der Waals surface area (Å²) in [7, 11) is 1.71. The van der Waals surface area contributed by atoms with Crippen molar-refractivity contribution >= 4 is 6.09 Å². The molecule has 1 aliphatic rings. The molecule has 1 aliphatic heterocycles. The SMILES string of the molecule is COCCCN[C@H]1CCCN(C(=O)OC(C)(C)C)C1. The quantitative estimate of drug-likeness (QED) is 0.778. The number of likely N-dealkylation sites (tertiary alicyclic amines) is 1. The van der Waals surface area contributed by atoms with Crippen LogP contribution in [0.25, 0.3) is 0 Å². The van der Waals surface area contributed by atoms with Crippen LogP contribution in [0.2, 0.25) is 0 Å². The molecule has 0 unspecified atom stereocenters. The van der Waals surface area contributed by atoms with Crippen molar-refractivity contribution in [2.75, 3.05) is 33.4 Å². The number of carbonyl (C=O) groups is 1. The normalized spacial score (nSPS) is 20.4. The highest BCUT2D eigenvalue weighted by atomic mass is 16.6. The molecule has 0 aromatic heterocycles. The average molecular weight is 272 g/mol. The summed E-state index contributed by atoms with van der Waals surface area (Å²) < 4.78 is 10.4. The van der Waals surface area contributed by atoms with E-state index in [4.69, 9.17) is 9.47 Å². The number of hydrogen-bond donors (Lipinski definition) is 1. The van der Waals surface area contributed by atoms with Crippen molar-refractivity contribution in [3.8, 4) is 0 Å². The minimum absolute atomic E-state index is 0.198. The molecule has 0 radical (unpaired) electrons. The molecule has 0 bridgehead atoms. The Morgan fingerprint density at radius 1 is 1.42 bits per heavy atom. The van der Waals surface area contributed by atoms with Gasteiger partial charge in [-0.2, -0.15) is 0 Å². The van der Waals surface area contributed by atoms with E-state index in [2.05, 4.69) is 5.32 Å². The van der Waals surface area contributed by atoms with Gasteiger partial charge in [0.15, 0.2) is 0 Å². The van der Waals surface area contributed by atoms with Crippen molar-refractivity contribution in [3.05, 3.63) is 0 Å². The van der Waals surface area contributed by atoms with E-state index in [-0.39, 0.29) is 6.09 Å². The lowest BCUT2D eigenvalue weighted by atomic mass is 10.1. The fourth-order valence-corrected chi connectivity index (χ4v) is 2.16. The maximum absolute atomic E-state index is 12.0. The highest BCUT2D eigenvalue weighted by Gasteiger charge is 2.27. The zero-order valence-corrected chi connectivity index (χ0v) is 12.7. The summed E-state index contributed by atoms with van der Waals surface area (Å²) in [5.74, 6) is 0. The Labute approximate surface area is 116 Å². The second kappa shape index (κ2) is 7.70. The van der Waals surface area contributed by atoms with E-state index >= 15 is 0 Å². The molecule has 1 atom stereocenters. The molecule has 0 aromatic rings. The van der Waals surface area contributed by atoms with Crippen molar-refractivity contribution in [2.45, 2.75) is 51.7 Å². The van der Waals surface area contributed by atoms with Gasteiger partial charge in [-0.05, 0) is 46.6 Å². The van der Waals surface area contributed by atoms with E-state index in [9.17, 15) is 4.79 Å². The van der Waals surface area contributed by atoms with E-state index < -0.39 is 5.60 Å². The van der Waals surface area contributed by atoms with Gasteiger partial charge in [0.2, 0.25) is 0 Å². The van der Waals surface area contributed by atoms with Crippen LogP contribution in [0.1, 0.15) is 40.0 Å². The Morgan fingerprint density at radius 3 is 2.79 bits per heavy atom. The molecule has 0 saturated carbocycles. The fraction of sp³-hybridized carbons (Fsp3) is 0.929. The zero-order valence-electron chi connectivity index (χ0n) is 12.7. The summed E-state index contributed by atoms with van der Waals surface area (Å²) in [4.78, 5) is 13.8. The number of nitrogens with one attached hydrogen (secondary N) is 1. The topological polar surface area (TPSA) is 50.8 Å². The fourth-order valence-electron chi connectivity index (χ4n) is 2.16. The zero-order chi connectivity index (χ0) is 14.3. The first-order chi connectivity index (χ1) is 8.92. The van der Waals surface area contributed by atoms with Crippen LogP contribution in [-0.4, -0.2) is 56.0 Å². The first kappa shape index (κ1) is 16.2. The molecule has 1 N–H and O–H groups in total. The van der Waals surface area contributed by atoms with E-state index in [1.807, 2.05) is 25.7 Å². The lowest BCUT2D eigenvalue weighted by molar-refractivity contribution is 0.0187. The van der Waals surface area contributed by atoms with Crippen molar-refractivity contribution in [2.24, 2.45) is 0 Å². The van der Waals surface area contributed by atoms with Gasteiger partial charge in [0.05, 0.1) is 0 Å². The van der Waals surface area contributed by atoms with Crippen LogP contribution in [-0.2, 0) is 9.47 Å².